The van der Waals surface area contributed by atoms with E-state index in [4.69, 9.17) is 35.3 Å². The quantitative estimate of drug-likeness (QED) is 0.111. The number of anilines is 1. The van der Waals surface area contributed by atoms with Crippen molar-refractivity contribution in [3.8, 4) is 11.9 Å². The normalized spacial score (nSPS) is 23.8. The summed E-state index contributed by atoms with van der Waals surface area (Å²) >= 11 is 7.19. The molecule has 3 atom stereocenters. The maximum Gasteiger partial charge on any atom is 0.320 e. The molecule has 3 fully saturated rings. The van der Waals surface area contributed by atoms with Crippen molar-refractivity contribution >= 4 is 48.5 Å². The van der Waals surface area contributed by atoms with E-state index in [1.165, 1.54) is 0 Å². The van der Waals surface area contributed by atoms with Gasteiger partial charge in [0.2, 0.25) is 11.8 Å². The van der Waals surface area contributed by atoms with E-state index in [2.05, 4.69) is 48.7 Å². The van der Waals surface area contributed by atoms with Crippen LogP contribution in [0.4, 0.5) is 14.5 Å². The molecule has 1 unspecified atom stereocenters. The average molecular weight is 787 g/mol. The smallest absolute Gasteiger partial charge is 0.320 e. The summed E-state index contributed by atoms with van der Waals surface area (Å²) in [5.41, 5.74) is 1.21. The summed E-state index contributed by atoms with van der Waals surface area (Å²) in [5.74, 6) is -0.317. The van der Waals surface area contributed by atoms with E-state index in [9.17, 15) is 4.39 Å². The molecule has 14 heteroatoms. The van der Waals surface area contributed by atoms with Gasteiger partial charge in [0.25, 0.3) is 0 Å². The Labute approximate surface area is 324 Å². The molecule has 1 aromatic carbocycles. The van der Waals surface area contributed by atoms with E-state index in [0.717, 1.165) is 55.1 Å². The molecule has 3 aromatic rings. The fourth-order valence-corrected chi connectivity index (χ4v) is 9.47. The van der Waals surface area contributed by atoms with Crippen molar-refractivity contribution in [2.75, 3.05) is 44.4 Å². The second kappa shape index (κ2) is 14.9. The molecular weight excluding hydrogens is 730 g/mol. The lowest BCUT2D eigenvalue weighted by atomic mass is 9.95. The molecule has 0 N–H and O–H groups in total. The lowest BCUT2D eigenvalue weighted by Crippen LogP contribution is -2.45. The Kier molecular flexibility index (Phi) is 10.9. The number of alkyl halides is 1. The molecule has 3 saturated heterocycles. The lowest BCUT2D eigenvalue weighted by Gasteiger charge is -2.36. The van der Waals surface area contributed by atoms with Gasteiger partial charge in [0.1, 0.15) is 23.7 Å². The minimum absolute atomic E-state index is 0.00319. The zero-order valence-corrected chi connectivity index (χ0v) is 35.0. The van der Waals surface area contributed by atoms with Crippen molar-refractivity contribution in [2.45, 2.75) is 135 Å². The number of rotatable bonds is 11. The number of hydrogen-bond donors (Lipinski definition) is 0. The van der Waals surface area contributed by atoms with Gasteiger partial charge in [-0.25, -0.2) is 9.07 Å². The predicted molar refractivity (Wildman–Crippen MR) is 212 cm³/mol. The largest absolute Gasteiger partial charge is 0.471 e. The molecule has 0 radical (unpaired) electrons. The minimum atomic E-state index is -1.97. The van der Waals surface area contributed by atoms with E-state index in [-0.39, 0.29) is 41.7 Å². The summed E-state index contributed by atoms with van der Waals surface area (Å²) < 4.78 is 59.2. The zero-order chi connectivity index (χ0) is 38.6. The highest BCUT2D eigenvalue weighted by molar-refractivity contribution is 6.74. The molecule has 0 bridgehead atoms. The van der Waals surface area contributed by atoms with E-state index < -0.39 is 31.6 Å². The van der Waals surface area contributed by atoms with Crippen LogP contribution < -0.4 is 24.9 Å². The van der Waals surface area contributed by atoms with Crippen LogP contribution in [-0.4, -0.2) is 89.7 Å². The van der Waals surface area contributed by atoms with Crippen molar-refractivity contribution in [1.29, 1.82) is 0 Å². The predicted octanol–water partition coefficient (Wildman–Crippen LogP) is 7.60. The van der Waals surface area contributed by atoms with Gasteiger partial charge in [-0.1, -0.05) is 32.4 Å². The first kappa shape index (κ1) is 39.4. The third kappa shape index (κ3) is 7.77. The molecule has 4 aliphatic heterocycles. The fraction of sp³-hybridized carbons (Fsp3) is 0.675. The molecule has 4 aliphatic rings. The molecule has 0 aliphatic carbocycles. The molecular formula is C40H57ClF2N6O4Si. The highest BCUT2D eigenvalue weighted by atomic mass is 35.5. The summed E-state index contributed by atoms with van der Waals surface area (Å²) in [6, 6.07) is 1.94. The summed E-state index contributed by atoms with van der Waals surface area (Å²) in [6.45, 7) is 19.8. The maximum absolute atomic E-state index is 17.5. The number of nitrogens with zero attached hydrogens (tertiary/aromatic N) is 6. The van der Waals surface area contributed by atoms with Crippen molar-refractivity contribution in [3.05, 3.63) is 33.4 Å². The maximum atomic E-state index is 17.5. The van der Waals surface area contributed by atoms with Crippen molar-refractivity contribution < 1.29 is 27.4 Å². The summed E-state index contributed by atoms with van der Waals surface area (Å²) in [6.07, 6.45) is 8.96. The first-order valence-electron chi connectivity index (χ1n) is 19.7. The van der Waals surface area contributed by atoms with Gasteiger partial charge in [0, 0.05) is 43.1 Å². The van der Waals surface area contributed by atoms with Gasteiger partial charge in [0.05, 0.1) is 28.2 Å². The molecule has 6 heterocycles. The molecule has 296 valence electrons. The van der Waals surface area contributed by atoms with Crippen LogP contribution in [0.25, 0.3) is 22.9 Å². The van der Waals surface area contributed by atoms with Crippen LogP contribution >= 0.6 is 11.6 Å². The van der Waals surface area contributed by atoms with Crippen LogP contribution in [0.1, 0.15) is 98.3 Å². The highest BCUT2D eigenvalue weighted by Gasteiger charge is 2.49. The second-order valence-electron chi connectivity index (χ2n) is 18.0. The molecule has 0 spiro atoms. The number of ether oxygens (including phenoxy) is 3. The van der Waals surface area contributed by atoms with Crippen LogP contribution in [0.15, 0.2) is 12.3 Å². The molecule has 7 rings (SSSR count). The minimum Gasteiger partial charge on any atom is -0.471 e. The lowest BCUT2D eigenvalue weighted by molar-refractivity contribution is -0.0366. The standard InChI is InChI=1S/C40H57ClF2N6O4Si/c1-38(2,3)53-36-28-15-18-48(35(43)33(28)45-37(46-36)51-25-40-16-12-17-47(40)24-26(42)22-40)34-27(13-11-20-52-54(7,8)39(4,5)6)30(41)21-31-29(34)23-44-49(31)32-14-9-10-19-50-32/h15,21,23,26,32H,9-14,16-20,22,24-25H2,1-8H3/t26-,32?,40+/m1/s1. The van der Waals surface area contributed by atoms with E-state index in [0.29, 0.717) is 54.9 Å². The molecule has 2 aromatic heterocycles. The molecule has 0 saturated carbocycles. The van der Waals surface area contributed by atoms with Crippen molar-refractivity contribution in [2.24, 2.45) is 0 Å². The number of fused-ring (bicyclic) bond motifs is 3. The van der Waals surface area contributed by atoms with Gasteiger partial charge in [-0.15, -0.1) is 0 Å². The van der Waals surface area contributed by atoms with E-state index >= 15 is 4.39 Å². The van der Waals surface area contributed by atoms with E-state index in [1.807, 2.05) is 37.6 Å². The van der Waals surface area contributed by atoms with E-state index in [1.54, 1.807) is 11.1 Å². The Bertz CT molecular complexity index is 1990. The molecule has 0 amide bonds. The van der Waals surface area contributed by atoms with Gasteiger partial charge in [-0.2, -0.15) is 19.5 Å². The summed E-state index contributed by atoms with van der Waals surface area (Å²) in [7, 11) is -1.97. The first-order valence-corrected chi connectivity index (χ1v) is 23.0. The van der Waals surface area contributed by atoms with Crippen molar-refractivity contribution in [3.63, 3.8) is 0 Å². The third-order valence-electron chi connectivity index (χ3n) is 11.9. The van der Waals surface area contributed by atoms with Gasteiger partial charge in [-0.3, -0.25) is 4.90 Å². The molecule has 54 heavy (non-hydrogen) atoms. The van der Waals surface area contributed by atoms with Gasteiger partial charge >= 0.3 is 6.01 Å². The highest BCUT2D eigenvalue weighted by Crippen LogP contribution is 2.43. The Morgan fingerprint density at radius 2 is 1.91 bits per heavy atom. The topological polar surface area (TPSA) is 87.0 Å². The van der Waals surface area contributed by atoms with Gasteiger partial charge in [-0.05, 0) is 108 Å². The van der Waals surface area contributed by atoms with Crippen LogP contribution in [0, 0.1) is 0 Å². The summed E-state index contributed by atoms with van der Waals surface area (Å²) in [4.78, 5) is 13.2. The van der Waals surface area contributed by atoms with Crippen LogP contribution in [0.5, 0.6) is 11.9 Å². The van der Waals surface area contributed by atoms with Crippen molar-refractivity contribution in [1.82, 2.24) is 24.6 Å². The third-order valence-corrected chi connectivity index (χ3v) is 16.8. The number of aromatic nitrogens is 4. The van der Waals surface area contributed by atoms with Gasteiger partial charge in [0.15, 0.2) is 14.5 Å². The number of hydrogen-bond acceptors (Lipinski definition) is 9. The summed E-state index contributed by atoms with van der Waals surface area (Å²) in [5, 5.41) is 6.73. The molecule has 10 nitrogen and oxygen atoms in total. The Morgan fingerprint density at radius 1 is 1.11 bits per heavy atom. The monoisotopic (exact) mass is 786 g/mol. The zero-order valence-electron chi connectivity index (χ0n) is 33.2. The van der Waals surface area contributed by atoms with Crippen LogP contribution in [-0.2, 0) is 15.6 Å². The Morgan fingerprint density at radius 3 is 2.63 bits per heavy atom. The number of benzene rings is 1. The van der Waals surface area contributed by atoms with Crippen LogP contribution in [0.2, 0.25) is 23.2 Å². The number of halogens is 3. The Balaban J connectivity index is 1.30. The van der Waals surface area contributed by atoms with Crippen LogP contribution in [0.3, 0.4) is 0 Å². The Hall–Kier alpha value is -2.84. The second-order valence-corrected chi connectivity index (χ2v) is 23.2. The van der Waals surface area contributed by atoms with Gasteiger partial charge < -0.3 is 23.5 Å². The first-order chi connectivity index (χ1) is 25.5. The fourth-order valence-electron chi connectivity index (χ4n) is 8.10. The average Bonchev–Trinajstić information content (AvgIpc) is 3.77. The SMILES string of the molecule is CC(C)(C)Oc1nc(OC[C@@]23CCCN2C[C@H](F)C3)nc2c1=CCN(c1c(CCCO[Si](C)(C)C(C)(C)C)c(Cl)cc3c1cnn3C1CCCCO1)C=2F.